The SMILES string of the molecule is CCC(CC)C(=O)N1CCC(C(=O)Nc2ccccc2C#N)CC1. The summed E-state index contributed by atoms with van der Waals surface area (Å²) in [7, 11) is 0. The fourth-order valence-corrected chi connectivity index (χ4v) is 3.18. The van der Waals surface area contributed by atoms with E-state index in [1.54, 1.807) is 24.3 Å². The first-order valence-electron chi connectivity index (χ1n) is 8.69. The summed E-state index contributed by atoms with van der Waals surface area (Å²) in [6, 6.07) is 9.08. The molecule has 0 spiro atoms. The molecule has 2 amide bonds. The summed E-state index contributed by atoms with van der Waals surface area (Å²) < 4.78 is 0. The molecule has 128 valence electrons. The predicted octanol–water partition coefficient (Wildman–Crippen LogP) is 3.17. The lowest BCUT2D eigenvalue weighted by molar-refractivity contribution is -0.138. The van der Waals surface area contributed by atoms with Crippen molar-refractivity contribution in [2.75, 3.05) is 18.4 Å². The van der Waals surface area contributed by atoms with Crippen LogP contribution in [0.4, 0.5) is 5.69 Å². The van der Waals surface area contributed by atoms with E-state index in [1.807, 2.05) is 18.7 Å². The molecule has 5 heteroatoms. The van der Waals surface area contributed by atoms with Crippen LogP contribution in [0.5, 0.6) is 0 Å². The highest BCUT2D eigenvalue weighted by atomic mass is 16.2. The normalized spacial score (nSPS) is 15.2. The van der Waals surface area contributed by atoms with E-state index in [4.69, 9.17) is 5.26 Å². The lowest BCUT2D eigenvalue weighted by Gasteiger charge is -2.33. The number of rotatable bonds is 5. The Bertz CT molecular complexity index is 624. The summed E-state index contributed by atoms with van der Waals surface area (Å²) in [6.45, 7) is 5.35. The van der Waals surface area contributed by atoms with Crippen molar-refractivity contribution in [3.63, 3.8) is 0 Å². The van der Waals surface area contributed by atoms with E-state index in [9.17, 15) is 9.59 Å². The molecular weight excluding hydrogens is 302 g/mol. The Morgan fingerprint density at radius 1 is 1.25 bits per heavy atom. The van der Waals surface area contributed by atoms with Crippen molar-refractivity contribution in [1.82, 2.24) is 4.90 Å². The van der Waals surface area contributed by atoms with Crippen LogP contribution in [-0.2, 0) is 9.59 Å². The van der Waals surface area contributed by atoms with Gasteiger partial charge in [0.2, 0.25) is 11.8 Å². The Balaban J connectivity index is 1.91. The number of para-hydroxylation sites is 1. The van der Waals surface area contributed by atoms with Gasteiger partial charge in [-0.2, -0.15) is 5.26 Å². The van der Waals surface area contributed by atoms with Crippen LogP contribution in [0.15, 0.2) is 24.3 Å². The molecule has 0 aromatic heterocycles. The largest absolute Gasteiger partial charge is 0.342 e. The van der Waals surface area contributed by atoms with Gasteiger partial charge in [0.05, 0.1) is 11.3 Å². The second kappa shape index (κ2) is 8.49. The van der Waals surface area contributed by atoms with E-state index in [0.29, 0.717) is 37.2 Å². The summed E-state index contributed by atoms with van der Waals surface area (Å²) in [4.78, 5) is 26.7. The van der Waals surface area contributed by atoms with E-state index in [0.717, 1.165) is 12.8 Å². The monoisotopic (exact) mass is 327 g/mol. The first-order valence-corrected chi connectivity index (χ1v) is 8.69. The van der Waals surface area contributed by atoms with Gasteiger partial charge >= 0.3 is 0 Å². The predicted molar refractivity (Wildman–Crippen MR) is 93.2 cm³/mol. The topological polar surface area (TPSA) is 73.2 Å². The maximum absolute atomic E-state index is 12.4. The van der Waals surface area contributed by atoms with Gasteiger partial charge in [-0.15, -0.1) is 0 Å². The number of piperidine rings is 1. The number of nitrogens with zero attached hydrogens (tertiary/aromatic N) is 2. The first-order chi connectivity index (χ1) is 11.6. The van der Waals surface area contributed by atoms with E-state index >= 15 is 0 Å². The van der Waals surface area contributed by atoms with E-state index in [-0.39, 0.29) is 23.7 Å². The highest BCUT2D eigenvalue weighted by molar-refractivity contribution is 5.94. The Morgan fingerprint density at radius 3 is 2.46 bits per heavy atom. The molecule has 1 fully saturated rings. The van der Waals surface area contributed by atoms with Crippen molar-refractivity contribution < 1.29 is 9.59 Å². The highest BCUT2D eigenvalue weighted by Gasteiger charge is 2.29. The van der Waals surface area contributed by atoms with Crippen LogP contribution in [0.3, 0.4) is 0 Å². The number of likely N-dealkylation sites (tertiary alicyclic amines) is 1. The third-order valence-electron chi connectivity index (χ3n) is 4.82. The molecule has 0 aliphatic carbocycles. The van der Waals surface area contributed by atoms with Crippen LogP contribution in [0.2, 0.25) is 0 Å². The van der Waals surface area contributed by atoms with Crippen LogP contribution in [0, 0.1) is 23.2 Å². The number of hydrogen-bond donors (Lipinski definition) is 1. The minimum atomic E-state index is -0.109. The standard InChI is InChI=1S/C19H25N3O2/c1-3-14(4-2)19(24)22-11-9-15(10-12-22)18(23)21-17-8-6-5-7-16(17)13-20/h5-8,14-15H,3-4,9-12H2,1-2H3,(H,21,23). The maximum Gasteiger partial charge on any atom is 0.227 e. The van der Waals surface area contributed by atoms with Gasteiger partial charge in [-0.05, 0) is 37.8 Å². The zero-order chi connectivity index (χ0) is 17.5. The number of anilines is 1. The molecule has 0 unspecified atom stereocenters. The van der Waals surface area contributed by atoms with Crippen molar-refractivity contribution in [2.45, 2.75) is 39.5 Å². The second-order valence-electron chi connectivity index (χ2n) is 6.26. The van der Waals surface area contributed by atoms with Crippen LogP contribution in [0.25, 0.3) is 0 Å². The zero-order valence-corrected chi connectivity index (χ0v) is 14.4. The van der Waals surface area contributed by atoms with Gasteiger partial charge < -0.3 is 10.2 Å². The van der Waals surface area contributed by atoms with Crippen LogP contribution in [-0.4, -0.2) is 29.8 Å². The molecule has 1 aromatic carbocycles. The van der Waals surface area contributed by atoms with Gasteiger partial charge in [0.1, 0.15) is 6.07 Å². The van der Waals surface area contributed by atoms with Gasteiger partial charge in [0.15, 0.2) is 0 Å². The number of hydrogen-bond acceptors (Lipinski definition) is 3. The molecule has 1 aliphatic rings. The molecule has 1 aliphatic heterocycles. The van der Waals surface area contributed by atoms with Crippen molar-refractivity contribution in [3.8, 4) is 6.07 Å². The Labute approximate surface area is 143 Å². The summed E-state index contributed by atoms with van der Waals surface area (Å²) in [6.07, 6.45) is 3.07. The molecule has 1 N–H and O–H groups in total. The summed E-state index contributed by atoms with van der Waals surface area (Å²) in [5.74, 6) is 0.140. The van der Waals surface area contributed by atoms with Gasteiger partial charge in [0.25, 0.3) is 0 Å². The van der Waals surface area contributed by atoms with Gasteiger partial charge in [0, 0.05) is 24.9 Å². The van der Waals surface area contributed by atoms with Gasteiger partial charge in [-0.1, -0.05) is 26.0 Å². The minimum absolute atomic E-state index is 0.0627. The average molecular weight is 327 g/mol. The van der Waals surface area contributed by atoms with Crippen LogP contribution in [0.1, 0.15) is 45.1 Å². The van der Waals surface area contributed by atoms with Crippen molar-refractivity contribution in [1.29, 1.82) is 5.26 Å². The molecule has 0 saturated carbocycles. The molecule has 1 saturated heterocycles. The van der Waals surface area contributed by atoms with E-state index in [1.165, 1.54) is 0 Å². The van der Waals surface area contributed by atoms with Crippen molar-refractivity contribution >= 4 is 17.5 Å². The van der Waals surface area contributed by atoms with E-state index < -0.39 is 0 Å². The lowest BCUT2D eigenvalue weighted by atomic mass is 9.93. The average Bonchev–Trinajstić information content (AvgIpc) is 2.63. The fraction of sp³-hybridized carbons (Fsp3) is 0.526. The minimum Gasteiger partial charge on any atom is -0.342 e. The van der Waals surface area contributed by atoms with Crippen molar-refractivity contribution in [2.24, 2.45) is 11.8 Å². The summed E-state index contributed by atoms with van der Waals surface area (Å²) in [5.41, 5.74) is 1.02. The number of benzene rings is 1. The molecule has 5 nitrogen and oxygen atoms in total. The fourth-order valence-electron chi connectivity index (χ4n) is 3.18. The van der Waals surface area contributed by atoms with Gasteiger partial charge in [-0.25, -0.2) is 0 Å². The third-order valence-corrected chi connectivity index (χ3v) is 4.82. The van der Waals surface area contributed by atoms with Crippen LogP contribution < -0.4 is 5.32 Å². The number of amides is 2. The van der Waals surface area contributed by atoms with Gasteiger partial charge in [-0.3, -0.25) is 9.59 Å². The van der Waals surface area contributed by atoms with Crippen molar-refractivity contribution in [3.05, 3.63) is 29.8 Å². The molecule has 0 atom stereocenters. The van der Waals surface area contributed by atoms with E-state index in [2.05, 4.69) is 11.4 Å². The Hall–Kier alpha value is -2.35. The number of nitrogens with one attached hydrogen (secondary N) is 1. The Kier molecular flexibility index (Phi) is 6.36. The molecular formula is C19H25N3O2. The third kappa shape index (κ3) is 4.14. The number of carbonyl (C=O) groups excluding carboxylic acids is 2. The lowest BCUT2D eigenvalue weighted by Crippen LogP contribution is -2.43. The molecule has 2 rings (SSSR count). The molecule has 1 aromatic rings. The number of carbonyl (C=O) groups is 2. The quantitative estimate of drug-likeness (QED) is 0.902. The second-order valence-corrected chi connectivity index (χ2v) is 6.26. The van der Waals surface area contributed by atoms with Crippen LogP contribution >= 0.6 is 0 Å². The molecule has 1 heterocycles. The molecule has 0 bridgehead atoms. The Morgan fingerprint density at radius 2 is 1.88 bits per heavy atom. The first kappa shape index (κ1) is 18.0. The highest BCUT2D eigenvalue weighted by Crippen LogP contribution is 2.23. The zero-order valence-electron chi connectivity index (χ0n) is 14.4. The number of nitriles is 1. The maximum atomic E-state index is 12.4. The summed E-state index contributed by atoms with van der Waals surface area (Å²) in [5, 5.41) is 11.9. The molecule has 24 heavy (non-hydrogen) atoms. The smallest absolute Gasteiger partial charge is 0.227 e. The summed E-state index contributed by atoms with van der Waals surface area (Å²) >= 11 is 0. The molecule has 0 radical (unpaired) electrons.